The topological polar surface area (TPSA) is 56.7 Å². The van der Waals surface area contributed by atoms with Crippen molar-refractivity contribution >= 4 is 46.2 Å². The standard InChI is InChI=1S/C23H20N3O.C18H24NSi.Ir/c1-13(2)26-19-8-6-5-7-18(19)25-23(26)16-10-9-14(3)21-17-11-15(4)24-12-20(17)27-22(16)21;1-14(2)11-16-12-17(15-9-7-6-8-10-15)19-13-18(16)20(3,4)5;/h5-9,11-13H,1-4H3;6-9,12-14H,11H2,1-5H3;/q2*-1;. The molecule has 1 radical (unpaired) electrons. The van der Waals surface area contributed by atoms with Crippen LogP contribution in [0.1, 0.15) is 50.6 Å². The van der Waals surface area contributed by atoms with E-state index in [0.29, 0.717) is 5.92 Å². The van der Waals surface area contributed by atoms with Gasteiger partial charge in [-0.1, -0.05) is 75.1 Å². The Balaban J connectivity index is 0.000000193. The van der Waals surface area contributed by atoms with Crippen LogP contribution in [0.3, 0.4) is 0 Å². The summed E-state index contributed by atoms with van der Waals surface area (Å²) in [5.74, 6) is 1.56. The maximum atomic E-state index is 6.26. The summed E-state index contributed by atoms with van der Waals surface area (Å²) < 4.78 is 8.51. The first-order chi connectivity index (χ1) is 22.4. The molecule has 0 amide bonds. The van der Waals surface area contributed by atoms with Crippen molar-refractivity contribution < 1.29 is 24.5 Å². The van der Waals surface area contributed by atoms with Crippen molar-refractivity contribution in [3.63, 3.8) is 0 Å². The molecule has 7 aromatic rings. The van der Waals surface area contributed by atoms with E-state index in [1.54, 1.807) is 6.20 Å². The molecule has 0 unspecified atom stereocenters. The largest absolute Gasteiger partial charge is 0.499 e. The van der Waals surface area contributed by atoms with Crippen LogP contribution in [0.25, 0.3) is 55.6 Å². The van der Waals surface area contributed by atoms with Crippen molar-refractivity contribution in [2.45, 2.75) is 73.6 Å². The Labute approximate surface area is 299 Å². The van der Waals surface area contributed by atoms with Crippen molar-refractivity contribution in [3.05, 3.63) is 108 Å². The summed E-state index contributed by atoms with van der Waals surface area (Å²) in [5.41, 5.74) is 10.4. The molecule has 0 atom stereocenters. The average molecular weight is 829 g/mol. The second-order valence-corrected chi connectivity index (χ2v) is 19.3. The van der Waals surface area contributed by atoms with E-state index in [1.807, 2.05) is 37.3 Å². The van der Waals surface area contributed by atoms with Gasteiger partial charge in [0.15, 0.2) is 0 Å². The number of furan rings is 1. The number of para-hydroxylation sites is 2. The van der Waals surface area contributed by atoms with Crippen LogP contribution in [-0.4, -0.2) is 27.6 Å². The van der Waals surface area contributed by atoms with Gasteiger partial charge in [0.1, 0.15) is 5.58 Å². The number of hydrogen-bond acceptors (Lipinski definition) is 4. The molecule has 0 fully saturated rings. The van der Waals surface area contributed by atoms with E-state index < -0.39 is 8.07 Å². The van der Waals surface area contributed by atoms with Crippen LogP contribution in [0.15, 0.2) is 83.5 Å². The van der Waals surface area contributed by atoms with Crippen molar-refractivity contribution in [1.29, 1.82) is 0 Å². The number of aromatic nitrogens is 4. The molecule has 249 valence electrons. The van der Waals surface area contributed by atoms with Gasteiger partial charge in [-0.15, -0.1) is 53.6 Å². The Morgan fingerprint density at radius 1 is 0.896 bits per heavy atom. The summed E-state index contributed by atoms with van der Waals surface area (Å²) in [7, 11) is -1.34. The van der Waals surface area contributed by atoms with E-state index in [-0.39, 0.29) is 26.1 Å². The summed E-state index contributed by atoms with van der Waals surface area (Å²) >= 11 is 0. The van der Waals surface area contributed by atoms with E-state index in [4.69, 9.17) is 9.40 Å². The number of pyridine rings is 2. The Morgan fingerprint density at radius 3 is 2.33 bits per heavy atom. The first kappa shape index (κ1) is 35.4. The van der Waals surface area contributed by atoms with E-state index in [2.05, 4.69) is 124 Å². The van der Waals surface area contributed by atoms with Crippen LogP contribution in [0, 0.1) is 31.9 Å². The van der Waals surface area contributed by atoms with Gasteiger partial charge in [-0.2, -0.15) is 0 Å². The second-order valence-electron chi connectivity index (χ2n) is 14.2. The van der Waals surface area contributed by atoms with Crippen molar-refractivity contribution in [1.82, 2.24) is 19.5 Å². The molecular formula is C41H44IrN4OSi-2. The fourth-order valence-corrected chi connectivity index (χ4v) is 7.97. The molecule has 4 heterocycles. The van der Waals surface area contributed by atoms with E-state index in [1.165, 1.54) is 10.8 Å². The van der Waals surface area contributed by atoms with Gasteiger partial charge in [0.05, 0.1) is 36.7 Å². The van der Waals surface area contributed by atoms with Crippen LogP contribution >= 0.6 is 0 Å². The second kappa shape index (κ2) is 14.3. The van der Waals surface area contributed by atoms with Gasteiger partial charge >= 0.3 is 0 Å². The summed E-state index contributed by atoms with van der Waals surface area (Å²) in [6, 6.07) is 29.7. The molecule has 7 rings (SSSR count). The van der Waals surface area contributed by atoms with Crippen LogP contribution < -0.4 is 5.19 Å². The predicted octanol–water partition coefficient (Wildman–Crippen LogP) is 10.3. The fraction of sp³-hybridized carbons (Fsp3) is 0.293. The van der Waals surface area contributed by atoms with Crippen LogP contribution in [0.5, 0.6) is 0 Å². The monoisotopic (exact) mass is 829 g/mol. The maximum absolute atomic E-state index is 6.26. The zero-order valence-corrected chi connectivity index (χ0v) is 32.8. The molecule has 0 saturated carbocycles. The van der Waals surface area contributed by atoms with Crippen LogP contribution in [0.4, 0.5) is 0 Å². The smallest absolute Gasteiger partial charge is 0.139 e. The number of fused-ring (bicyclic) bond motifs is 4. The Hall–Kier alpha value is -3.90. The van der Waals surface area contributed by atoms with Gasteiger partial charge in [-0.25, -0.2) is 0 Å². The van der Waals surface area contributed by atoms with Crippen LogP contribution in [-0.2, 0) is 26.5 Å². The fourth-order valence-electron chi connectivity index (χ4n) is 6.38. The quantitative estimate of drug-likeness (QED) is 0.124. The molecule has 0 aliphatic carbocycles. The first-order valence-electron chi connectivity index (χ1n) is 16.6. The minimum Gasteiger partial charge on any atom is -0.499 e. The van der Waals surface area contributed by atoms with Gasteiger partial charge in [0.2, 0.25) is 0 Å². The summed E-state index contributed by atoms with van der Waals surface area (Å²) in [6.45, 7) is 20.2. The number of nitrogens with zero attached hydrogens (tertiary/aromatic N) is 4. The normalized spacial score (nSPS) is 11.7. The molecule has 4 aromatic heterocycles. The van der Waals surface area contributed by atoms with Gasteiger partial charge in [0, 0.05) is 43.4 Å². The molecule has 0 spiro atoms. The minimum atomic E-state index is -1.34. The minimum absolute atomic E-state index is 0. The number of imidazole rings is 1. The van der Waals surface area contributed by atoms with Gasteiger partial charge in [0.25, 0.3) is 0 Å². The van der Waals surface area contributed by atoms with Crippen molar-refractivity contribution in [2.75, 3.05) is 0 Å². The third-order valence-electron chi connectivity index (χ3n) is 8.51. The van der Waals surface area contributed by atoms with E-state index in [0.717, 1.165) is 73.3 Å². The number of benzene rings is 3. The third kappa shape index (κ3) is 7.10. The molecule has 0 N–H and O–H groups in total. The Bertz CT molecular complexity index is 2190. The Morgan fingerprint density at radius 2 is 1.65 bits per heavy atom. The molecule has 3 aromatic carbocycles. The molecular weight excluding hydrogens is 785 g/mol. The number of rotatable bonds is 6. The average Bonchev–Trinajstić information content (AvgIpc) is 3.60. The zero-order chi connectivity index (χ0) is 33.5. The molecule has 48 heavy (non-hydrogen) atoms. The summed E-state index contributed by atoms with van der Waals surface area (Å²) in [4.78, 5) is 14.0. The van der Waals surface area contributed by atoms with Crippen molar-refractivity contribution in [2.24, 2.45) is 5.92 Å². The van der Waals surface area contributed by atoms with E-state index >= 15 is 0 Å². The van der Waals surface area contributed by atoms with Gasteiger partial charge < -0.3 is 14.0 Å². The zero-order valence-electron chi connectivity index (χ0n) is 29.4. The number of aryl methyl sites for hydroxylation is 2. The molecule has 0 saturated heterocycles. The van der Waals surface area contributed by atoms with E-state index in [9.17, 15) is 0 Å². The molecule has 0 aliphatic rings. The maximum Gasteiger partial charge on any atom is 0.139 e. The third-order valence-corrected chi connectivity index (χ3v) is 10.6. The van der Waals surface area contributed by atoms with Crippen LogP contribution in [0.2, 0.25) is 19.6 Å². The molecule has 0 aliphatic heterocycles. The molecule has 7 heteroatoms. The summed E-state index contributed by atoms with van der Waals surface area (Å²) in [5, 5.41) is 3.70. The van der Waals surface area contributed by atoms with Gasteiger partial charge in [-0.3, -0.25) is 9.97 Å². The van der Waals surface area contributed by atoms with Gasteiger partial charge in [-0.05, 0) is 62.2 Å². The number of hydrogen-bond donors (Lipinski definition) is 0. The SMILES string of the molecule is CC(C)Cc1cc(-c2[c-]cccc2)ncc1[Si](C)(C)C.Cc1cc2c(cn1)oc1c(-c3nc4ccccc4n3C(C)C)[c-]cc(C)c12.[Ir]. The van der Waals surface area contributed by atoms with Crippen molar-refractivity contribution in [3.8, 4) is 22.6 Å². The summed E-state index contributed by atoms with van der Waals surface area (Å²) in [6.07, 6.45) is 5.04. The first-order valence-corrected chi connectivity index (χ1v) is 20.1. The Kier molecular flexibility index (Phi) is 10.5. The predicted molar refractivity (Wildman–Crippen MR) is 199 cm³/mol. The molecule has 0 bridgehead atoms. The molecule has 5 nitrogen and oxygen atoms in total.